The fraction of sp³-hybridized carbons (Fsp3) is 0.364. The number of ether oxygens (including phenoxy) is 6. The number of aryl methyl sites for hydroxylation is 2. The molecule has 0 aliphatic rings. The molecule has 4 rings (SSSR count). The summed E-state index contributed by atoms with van der Waals surface area (Å²) in [6, 6.07) is 15.5. The third-order valence-electron chi connectivity index (χ3n) is 8.96. The fourth-order valence-electron chi connectivity index (χ4n) is 5.80. The number of amides is 2. The number of benzene rings is 2. The van der Waals surface area contributed by atoms with Gasteiger partial charge < -0.3 is 39.1 Å². The highest BCUT2D eigenvalue weighted by atomic mass is 33.1. The van der Waals surface area contributed by atoms with Crippen LogP contribution >= 0.6 is 21.6 Å². The number of methoxy groups -OCH3 is 6. The van der Waals surface area contributed by atoms with Crippen LogP contribution in [0, 0.1) is 0 Å². The molecule has 0 fully saturated rings. The first-order valence-electron chi connectivity index (χ1n) is 19.0. The predicted molar refractivity (Wildman–Crippen MR) is 233 cm³/mol. The standard InChI is InChI=1S/C44H54N4O8S2/c1-51-37-31-41(55-5)39(53-3)29-35(37)13-11-33-15-23-47(24-16-33)21-7-9-43(49)45-19-27-57-58-28-20-46-44(50)10-8-22-48-25-17-34(18-26-48)12-14-36-30-40(54-4)42(56-6)32-38(36)52-2/h11-18,23-26,29-32H,7-10,19-22,27-28H2,1-6H3/p+2/b13-11+,14-12+. The van der Waals surface area contributed by atoms with Crippen molar-refractivity contribution < 1.29 is 47.1 Å². The van der Waals surface area contributed by atoms with E-state index in [0.717, 1.165) is 59.7 Å². The van der Waals surface area contributed by atoms with Crippen LogP contribution in [-0.4, -0.2) is 79.1 Å². The summed E-state index contributed by atoms with van der Waals surface area (Å²) in [5, 5.41) is 6.00. The van der Waals surface area contributed by atoms with E-state index in [1.807, 2.05) is 97.6 Å². The molecule has 0 spiro atoms. The Morgan fingerprint density at radius 2 is 0.862 bits per heavy atom. The molecule has 0 aliphatic heterocycles. The smallest absolute Gasteiger partial charge is 0.220 e. The molecule has 2 aromatic carbocycles. The maximum Gasteiger partial charge on any atom is 0.220 e. The van der Waals surface area contributed by atoms with Gasteiger partial charge in [0.15, 0.2) is 47.8 Å². The summed E-state index contributed by atoms with van der Waals surface area (Å²) >= 11 is 0. The maximum atomic E-state index is 12.3. The molecule has 2 N–H and O–H groups in total. The predicted octanol–water partition coefficient (Wildman–Crippen LogP) is 6.53. The zero-order valence-electron chi connectivity index (χ0n) is 34.3. The molecule has 0 bridgehead atoms. The van der Waals surface area contributed by atoms with E-state index in [-0.39, 0.29) is 11.8 Å². The first kappa shape index (κ1) is 45.4. The lowest BCUT2D eigenvalue weighted by Gasteiger charge is -2.12. The fourth-order valence-corrected chi connectivity index (χ4v) is 7.61. The van der Waals surface area contributed by atoms with E-state index in [1.54, 1.807) is 64.2 Å². The van der Waals surface area contributed by atoms with Gasteiger partial charge in [0.25, 0.3) is 0 Å². The van der Waals surface area contributed by atoms with Crippen molar-refractivity contribution >= 4 is 57.7 Å². The minimum Gasteiger partial charge on any atom is -0.496 e. The highest BCUT2D eigenvalue weighted by Gasteiger charge is 2.12. The van der Waals surface area contributed by atoms with Crippen molar-refractivity contribution in [2.24, 2.45) is 0 Å². The molecule has 4 aromatic rings. The van der Waals surface area contributed by atoms with Crippen molar-refractivity contribution in [1.82, 2.24) is 10.6 Å². The molecule has 0 unspecified atom stereocenters. The molecule has 58 heavy (non-hydrogen) atoms. The van der Waals surface area contributed by atoms with Gasteiger partial charge in [0.1, 0.15) is 24.6 Å². The van der Waals surface area contributed by atoms with Crippen LogP contribution in [-0.2, 0) is 22.7 Å². The lowest BCUT2D eigenvalue weighted by atomic mass is 10.1. The quantitative estimate of drug-likeness (QED) is 0.0434. The monoisotopic (exact) mass is 832 g/mol. The molecule has 12 nitrogen and oxygen atoms in total. The van der Waals surface area contributed by atoms with E-state index in [1.165, 1.54) is 0 Å². The van der Waals surface area contributed by atoms with Crippen LogP contribution in [0.1, 0.15) is 47.9 Å². The molecular weight excluding hydrogens is 777 g/mol. The zero-order valence-corrected chi connectivity index (χ0v) is 35.9. The summed E-state index contributed by atoms with van der Waals surface area (Å²) in [5.74, 6) is 5.60. The Labute approximate surface area is 350 Å². The van der Waals surface area contributed by atoms with Crippen molar-refractivity contribution in [3.8, 4) is 34.5 Å². The second kappa shape index (κ2) is 25.1. The first-order valence-corrected chi connectivity index (χ1v) is 21.5. The van der Waals surface area contributed by atoms with Crippen molar-refractivity contribution in [2.75, 3.05) is 67.3 Å². The van der Waals surface area contributed by atoms with Crippen LogP contribution in [0.2, 0.25) is 0 Å². The number of hydrogen-bond acceptors (Lipinski definition) is 10. The first-order chi connectivity index (χ1) is 28.3. The number of rotatable bonds is 25. The van der Waals surface area contributed by atoms with Gasteiger partial charge in [0, 0.05) is 97.8 Å². The molecule has 2 heterocycles. The van der Waals surface area contributed by atoms with Crippen LogP contribution < -0.4 is 48.2 Å². The average molecular weight is 833 g/mol. The van der Waals surface area contributed by atoms with E-state index in [2.05, 4.69) is 19.8 Å². The Morgan fingerprint density at radius 3 is 1.21 bits per heavy atom. The molecule has 310 valence electrons. The van der Waals surface area contributed by atoms with Gasteiger partial charge in [-0.1, -0.05) is 45.9 Å². The minimum atomic E-state index is 0.0555. The van der Waals surface area contributed by atoms with Gasteiger partial charge in [-0.25, -0.2) is 9.13 Å². The number of nitrogens with zero attached hydrogens (tertiary/aromatic N) is 2. The van der Waals surface area contributed by atoms with E-state index >= 15 is 0 Å². The van der Waals surface area contributed by atoms with Crippen molar-refractivity contribution in [1.29, 1.82) is 0 Å². The summed E-state index contributed by atoms with van der Waals surface area (Å²) < 4.78 is 36.8. The minimum absolute atomic E-state index is 0.0555. The van der Waals surface area contributed by atoms with Gasteiger partial charge in [-0.05, 0) is 23.3 Å². The van der Waals surface area contributed by atoms with Crippen LogP contribution in [0.25, 0.3) is 24.3 Å². The van der Waals surface area contributed by atoms with Gasteiger partial charge in [-0.2, -0.15) is 0 Å². The second-order valence-electron chi connectivity index (χ2n) is 12.9. The highest BCUT2D eigenvalue weighted by molar-refractivity contribution is 8.76. The molecule has 0 atom stereocenters. The molecule has 0 saturated carbocycles. The van der Waals surface area contributed by atoms with Gasteiger partial charge in [0.2, 0.25) is 11.8 Å². The Morgan fingerprint density at radius 1 is 0.517 bits per heavy atom. The second-order valence-corrected chi connectivity index (χ2v) is 15.6. The van der Waals surface area contributed by atoms with Gasteiger partial charge >= 0.3 is 0 Å². The summed E-state index contributed by atoms with van der Waals surface area (Å²) in [4.78, 5) is 24.7. The summed E-state index contributed by atoms with van der Waals surface area (Å²) in [6.45, 7) is 2.73. The highest BCUT2D eigenvalue weighted by Crippen LogP contribution is 2.36. The summed E-state index contributed by atoms with van der Waals surface area (Å²) in [5.41, 5.74) is 3.84. The summed E-state index contributed by atoms with van der Waals surface area (Å²) in [7, 11) is 13.1. The number of carbonyl (C=O) groups excluding carboxylic acids is 2. The number of hydrogen-bond donors (Lipinski definition) is 2. The maximum absolute atomic E-state index is 12.3. The normalized spacial score (nSPS) is 11.1. The van der Waals surface area contributed by atoms with Crippen molar-refractivity contribution in [3.05, 3.63) is 95.6 Å². The lowest BCUT2D eigenvalue weighted by Crippen LogP contribution is -2.34. The van der Waals surface area contributed by atoms with Crippen LogP contribution in [0.15, 0.2) is 73.3 Å². The Kier molecular flexibility index (Phi) is 19.6. The Bertz CT molecular complexity index is 1820. The molecule has 0 saturated heterocycles. The molecule has 0 aliphatic carbocycles. The Balaban J connectivity index is 1.02. The zero-order chi connectivity index (χ0) is 41.5. The van der Waals surface area contributed by atoms with Crippen molar-refractivity contribution in [2.45, 2.75) is 38.8 Å². The van der Waals surface area contributed by atoms with E-state index in [0.29, 0.717) is 60.4 Å². The Hall–Kier alpha value is -5.34. The summed E-state index contributed by atoms with van der Waals surface area (Å²) in [6.07, 6.45) is 18.5. The van der Waals surface area contributed by atoms with E-state index in [9.17, 15) is 9.59 Å². The van der Waals surface area contributed by atoms with E-state index < -0.39 is 0 Å². The van der Waals surface area contributed by atoms with Crippen molar-refractivity contribution in [3.63, 3.8) is 0 Å². The van der Waals surface area contributed by atoms with E-state index in [4.69, 9.17) is 28.4 Å². The van der Waals surface area contributed by atoms with Crippen LogP contribution in [0.4, 0.5) is 0 Å². The molecule has 2 amide bonds. The number of pyridine rings is 2. The number of nitrogens with one attached hydrogen (secondary N) is 2. The van der Waals surface area contributed by atoms with Gasteiger partial charge in [-0.15, -0.1) is 0 Å². The molecule has 14 heteroatoms. The largest absolute Gasteiger partial charge is 0.496 e. The number of aromatic nitrogens is 2. The molecule has 0 radical (unpaired) electrons. The SMILES string of the molecule is COc1cc(OC)c(OC)cc1/C=C/c1cc[n+](CCCC(=O)NCCSSCCNC(=O)CCC[n+]2ccc(/C=C/c3cc(OC)c(OC)cc3OC)cc2)cc1. The molecular formula is C44H56N4O8S2+2. The lowest BCUT2D eigenvalue weighted by molar-refractivity contribution is -0.697. The van der Waals surface area contributed by atoms with Gasteiger partial charge in [0.05, 0.1) is 42.7 Å². The topological polar surface area (TPSA) is 121 Å². The van der Waals surface area contributed by atoms with Gasteiger partial charge in [-0.3, -0.25) is 9.59 Å². The van der Waals surface area contributed by atoms with Crippen LogP contribution in [0.3, 0.4) is 0 Å². The average Bonchev–Trinajstić information content (AvgIpc) is 3.25. The third kappa shape index (κ3) is 14.9. The number of carbonyl (C=O) groups is 2. The molecule has 2 aromatic heterocycles. The van der Waals surface area contributed by atoms with Crippen LogP contribution in [0.5, 0.6) is 34.5 Å². The third-order valence-corrected chi connectivity index (χ3v) is 11.4.